The fourth-order valence-corrected chi connectivity index (χ4v) is 4.38. The maximum Gasteiger partial charge on any atom is 0.390 e. The van der Waals surface area contributed by atoms with Crippen molar-refractivity contribution in [2.24, 2.45) is 5.92 Å². The van der Waals surface area contributed by atoms with E-state index in [0.717, 1.165) is 0 Å². The number of nitrogens with zero attached hydrogens (tertiary/aromatic N) is 2. The van der Waals surface area contributed by atoms with Crippen LogP contribution in [0.15, 0.2) is 18.2 Å². The van der Waals surface area contributed by atoms with Crippen LogP contribution in [0.1, 0.15) is 37.6 Å². The number of halogens is 3. The third kappa shape index (κ3) is 8.02. The van der Waals surface area contributed by atoms with E-state index in [-0.39, 0.29) is 60.3 Å². The zero-order valence-electron chi connectivity index (χ0n) is 20.2. The predicted molar refractivity (Wildman–Crippen MR) is 124 cm³/mol. The number of hydrogen-bond donors (Lipinski definition) is 1. The molecule has 0 spiro atoms. The first-order valence-corrected chi connectivity index (χ1v) is 12.8. The first-order chi connectivity index (χ1) is 15.8. The van der Waals surface area contributed by atoms with Gasteiger partial charge in [0.05, 0.1) is 23.8 Å². The van der Waals surface area contributed by atoms with Gasteiger partial charge in [0, 0.05) is 45.5 Å². The van der Waals surface area contributed by atoms with Crippen molar-refractivity contribution in [2.45, 2.75) is 45.5 Å². The highest BCUT2D eigenvalue weighted by Gasteiger charge is 2.32. The lowest BCUT2D eigenvalue weighted by Gasteiger charge is -2.36. The summed E-state index contributed by atoms with van der Waals surface area (Å²) in [7, 11) is -0.469. The minimum Gasteiger partial charge on any atom is -0.491 e. The molecule has 0 unspecified atom stereocenters. The summed E-state index contributed by atoms with van der Waals surface area (Å²) in [6.07, 6.45) is -5.65. The van der Waals surface area contributed by atoms with Crippen LogP contribution in [0.25, 0.3) is 0 Å². The average molecular weight is 510 g/mol. The number of nitrogens with one attached hydrogen (secondary N) is 1. The Labute approximate surface area is 199 Å². The molecule has 0 aliphatic carbocycles. The van der Waals surface area contributed by atoms with Gasteiger partial charge in [0.15, 0.2) is 0 Å². The number of sulfonamides is 1. The molecule has 2 rings (SSSR count). The molecule has 194 valence electrons. The van der Waals surface area contributed by atoms with Crippen molar-refractivity contribution in [1.82, 2.24) is 9.80 Å². The van der Waals surface area contributed by atoms with E-state index in [1.807, 2.05) is 6.92 Å². The normalized spacial score (nSPS) is 23.5. The molecular formula is C22H34F3N3O5S. The van der Waals surface area contributed by atoms with E-state index >= 15 is 0 Å². The van der Waals surface area contributed by atoms with Crippen LogP contribution in [0.2, 0.25) is 0 Å². The van der Waals surface area contributed by atoms with E-state index in [9.17, 15) is 26.4 Å². The van der Waals surface area contributed by atoms with Crippen LogP contribution in [0.5, 0.6) is 5.75 Å². The molecule has 1 aliphatic rings. The number of amides is 1. The maximum absolute atomic E-state index is 13.2. The topological polar surface area (TPSA) is 88.2 Å². The smallest absolute Gasteiger partial charge is 0.390 e. The standard InChI is InChI=1S/C22H34F3N3O5S/c1-6-34(30,31)26-17-7-8-19-18(11-17)21(29)27(4)13-20(32-5)15(2)12-28(16(3)14-33-19)10-9-22(23,24)25/h7-8,11,15-16,20,26H,6,9-10,12-14H2,1-5H3/t15-,16+,20+/m1/s1. The predicted octanol–water partition coefficient (Wildman–Crippen LogP) is 3.21. The second-order valence-corrected chi connectivity index (χ2v) is 10.7. The Morgan fingerprint density at radius 1 is 1.24 bits per heavy atom. The molecule has 0 radical (unpaired) electrons. The van der Waals surface area contributed by atoms with Gasteiger partial charge < -0.3 is 14.4 Å². The Hall–Kier alpha value is -2.05. The molecule has 0 fully saturated rings. The summed E-state index contributed by atoms with van der Waals surface area (Å²) in [4.78, 5) is 16.4. The summed E-state index contributed by atoms with van der Waals surface area (Å²) in [5.74, 6) is -0.462. The molecule has 34 heavy (non-hydrogen) atoms. The van der Waals surface area contributed by atoms with E-state index in [1.54, 1.807) is 18.9 Å². The summed E-state index contributed by atoms with van der Waals surface area (Å²) < 4.78 is 76.6. The van der Waals surface area contributed by atoms with Gasteiger partial charge in [-0.05, 0) is 38.0 Å². The highest BCUT2D eigenvalue weighted by Crippen LogP contribution is 2.27. The number of rotatable bonds is 6. The molecule has 1 N–H and O–H groups in total. The molecular weight excluding hydrogens is 475 g/mol. The van der Waals surface area contributed by atoms with Crippen LogP contribution in [-0.2, 0) is 14.8 Å². The van der Waals surface area contributed by atoms with Crippen molar-refractivity contribution in [2.75, 3.05) is 50.9 Å². The second kappa shape index (κ2) is 11.6. The number of hydrogen-bond acceptors (Lipinski definition) is 6. The number of likely N-dealkylation sites (N-methyl/N-ethyl adjacent to an activating group) is 1. The van der Waals surface area contributed by atoms with Crippen molar-refractivity contribution < 1.29 is 35.9 Å². The van der Waals surface area contributed by atoms with Crippen molar-refractivity contribution in [1.29, 1.82) is 0 Å². The third-order valence-corrected chi connectivity index (χ3v) is 7.22. The van der Waals surface area contributed by atoms with Gasteiger partial charge >= 0.3 is 6.18 Å². The van der Waals surface area contributed by atoms with Crippen LogP contribution in [-0.4, -0.2) is 88.6 Å². The number of carbonyl (C=O) groups excluding carboxylic acids is 1. The van der Waals surface area contributed by atoms with Crippen molar-refractivity contribution in [3.8, 4) is 5.75 Å². The number of anilines is 1. The van der Waals surface area contributed by atoms with Crippen LogP contribution in [0.3, 0.4) is 0 Å². The molecule has 0 saturated carbocycles. The summed E-state index contributed by atoms with van der Waals surface area (Å²) in [5, 5.41) is 0. The first kappa shape index (κ1) is 28.2. The largest absolute Gasteiger partial charge is 0.491 e. The lowest BCUT2D eigenvalue weighted by atomic mass is 10.0. The van der Waals surface area contributed by atoms with E-state index in [1.165, 1.54) is 37.1 Å². The molecule has 0 aromatic heterocycles. The van der Waals surface area contributed by atoms with Crippen LogP contribution >= 0.6 is 0 Å². The number of methoxy groups -OCH3 is 1. The van der Waals surface area contributed by atoms with Gasteiger partial charge in [0.25, 0.3) is 5.91 Å². The van der Waals surface area contributed by atoms with Gasteiger partial charge in [-0.25, -0.2) is 8.42 Å². The molecule has 1 aromatic carbocycles. The number of alkyl halides is 3. The van der Waals surface area contributed by atoms with Gasteiger partial charge in [0.1, 0.15) is 12.4 Å². The third-order valence-electron chi connectivity index (χ3n) is 5.91. The molecule has 0 bridgehead atoms. The molecule has 1 aromatic rings. The maximum atomic E-state index is 13.2. The second-order valence-electron chi connectivity index (χ2n) is 8.67. The molecule has 1 amide bonds. The summed E-state index contributed by atoms with van der Waals surface area (Å²) >= 11 is 0. The Bertz CT molecular complexity index is 942. The molecule has 1 aliphatic heterocycles. The summed E-state index contributed by atoms with van der Waals surface area (Å²) in [6, 6.07) is 4.01. The fourth-order valence-electron chi connectivity index (χ4n) is 3.75. The Kier molecular flexibility index (Phi) is 9.61. The van der Waals surface area contributed by atoms with Gasteiger partial charge in [-0.1, -0.05) is 6.92 Å². The molecule has 3 atom stereocenters. The highest BCUT2D eigenvalue weighted by atomic mass is 32.2. The van der Waals surface area contributed by atoms with Gasteiger partial charge in [0.2, 0.25) is 10.0 Å². The van der Waals surface area contributed by atoms with E-state index in [2.05, 4.69) is 4.72 Å². The van der Waals surface area contributed by atoms with Crippen molar-refractivity contribution >= 4 is 21.6 Å². The minimum atomic E-state index is -4.28. The van der Waals surface area contributed by atoms with Crippen LogP contribution in [0.4, 0.5) is 18.9 Å². The summed E-state index contributed by atoms with van der Waals surface area (Å²) in [5.41, 5.74) is 0.366. The first-order valence-electron chi connectivity index (χ1n) is 11.1. The van der Waals surface area contributed by atoms with Gasteiger partial charge in [-0.3, -0.25) is 14.4 Å². The van der Waals surface area contributed by atoms with Crippen molar-refractivity contribution in [3.05, 3.63) is 23.8 Å². The van der Waals surface area contributed by atoms with Gasteiger partial charge in [-0.15, -0.1) is 0 Å². The Morgan fingerprint density at radius 3 is 2.50 bits per heavy atom. The van der Waals surface area contributed by atoms with Gasteiger partial charge in [-0.2, -0.15) is 13.2 Å². The molecule has 12 heteroatoms. The highest BCUT2D eigenvalue weighted by molar-refractivity contribution is 7.92. The Morgan fingerprint density at radius 2 is 1.91 bits per heavy atom. The monoisotopic (exact) mass is 509 g/mol. The number of benzene rings is 1. The lowest BCUT2D eigenvalue weighted by Crippen LogP contribution is -2.47. The number of carbonyl (C=O) groups is 1. The van der Waals surface area contributed by atoms with Crippen molar-refractivity contribution in [3.63, 3.8) is 0 Å². The number of ether oxygens (including phenoxy) is 2. The zero-order chi connectivity index (χ0) is 25.7. The van der Waals surface area contributed by atoms with Crippen LogP contribution in [0, 0.1) is 5.92 Å². The quantitative estimate of drug-likeness (QED) is 0.634. The molecule has 8 nitrogen and oxygen atoms in total. The number of fused-ring (bicyclic) bond motifs is 1. The fraction of sp³-hybridized carbons (Fsp3) is 0.682. The molecule has 1 heterocycles. The lowest BCUT2D eigenvalue weighted by molar-refractivity contribution is -0.140. The molecule has 0 saturated heterocycles. The Balaban J connectivity index is 2.42. The average Bonchev–Trinajstić information content (AvgIpc) is 2.76. The van der Waals surface area contributed by atoms with E-state index < -0.39 is 28.7 Å². The minimum absolute atomic E-state index is 0.0479. The van der Waals surface area contributed by atoms with Crippen LogP contribution < -0.4 is 9.46 Å². The zero-order valence-corrected chi connectivity index (χ0v) is 21.0. The van der Waals surface area contributed by atoms with E-state index in [0.29, 0.717) is 6.54 Å². The SMILES string of the molecule is CCS(=O)(=O)Nc1ccc2c(c1)C(=O)N(C)C[C@H](OC)[C@H](C)CN(CCC(F)(F)F)[C@@H](C)CO2. The summed E-state index contributed by atoms with van der Waals surface area (Å²) in [6.45, 7) is 5.54. The van der Waals surface area contributed by atoms with E-state index in [4.69, 9.17) is 9.47 Å².